The molecule has 0 radical (unpaired) electrons. The van der Waals surface area contributed by atoms with E-state index >= 15 is 0 Å². The number of rotatable bonds is 5. The van der Waals surface area contributed by atoms with Gasteiger partial charge in [-0.15, -0.1) is 0 Å². The van der Waals surface area contributed by atoms with Gasteiger partial charge in [0, 0.05) is 0 Å². The Hall–Kier alpha value is -2.09. The molecule has 0 saturated carbocycles. The van der Waals surface area contributed by atoms with Crippen molar-refractivity contribution in [1.29, 1.82) is 0 Å². The minimum atomic E-state index is -3.52. The zero-order valence-electron chi connectivity index (χ0n) is 13.2. The topological polar surface area (TPSA) is 68.1 Å². The highest BCUT2D eigenvalue weighted by atomic mass is 35.5. The minimum absolute atomic E-state index is 0.0842. The van der Waals surface area contributed by atoms with Gasteiger partial charge in [-0.3, -0.25) is 4.31 Å². The first-order valence-corrected chi connectivity index (χ1v) is 9.82. The average Bonchev–Trinajstić information content (AvgIpc) is 3.10. The number of nitrogens with zero attached hydrogens (tertiary/aromatic N) is 4. The maximum atomic E-state index is 12.3. The Morgan fingerprint density at radius 2 is 1.84 bits per heavy atom. The molecule has 0 saturated heterocycles. The van der Waals surface area contributed by atoms with Crippen molar-refractivity contribution < 1.29 is 8.42 Å². The van der Waals surface area contributed by atoms with Gasteiger partial charge in [0.05, 0.1) is 34.2 Å². The lowest BCUT2D eigenvalue weighted by Crippen LogP contribution is -2.29. The molecule has 25 heavy (non-hydrogen) atoms. The van der Waals surface area contributed by atoms with Crippen LogP contribution in [-0.2, 0) is 16.6 Å². The van der Waals surface area contributed by atoms with Gasteiger partial charge in [-0.05, 0) is 35.9 Å². The van der Waals surface area contributed by atoms with Crippen LogP contribution in [0.5, 0.6) is 0 Å². The quantitative estimate of drug-likeness (QED) is 0.661. The number of hydrogen-bond donors (Lipinski definition) is 0. The number of halogens is 2. The monoisotopic (exact) mass is 396 g/mol. The van der Waals surface area contributed by atoms with Crippen LogP contribution in [0.3, 0.4) is 0 Å². The van der Waals surface area contributed by atoms with Crippen molar-refractivity contribution in [2.45, 2.75) is 6.54 Å². The maximum Gasteiger partial charge on any atom is 0.232 e. The van der Waals surface area contributed by atoms with E-state index in [-0.39, 0.29) is 6.54 Å². The normalized spacial score (nSPS) is 11.5. The summed E-state index contributed by atoms with van der Waals surface area (Å²) in [5.41, 5.74) is 1.91. The largest absolute Gasteiger partial charge is 0.266 e. The van der Waals surface area contributed by atoms with Crippen molar-refractivity contribution in [3.05, 3.63) is 70.7 Å². The van der Waals surface area contributed by atoms with Crippen LogP contribution in [-0.4, -0.2) is 29.4 Å². The standard InChI is InChI=1S/C16H14Cl2N4O2S/c1-25(23,24)22(9-12-3-2-4-15(17)16(12)18)14-7-5-13(6-8-14)21-11-19-10-20-21/h2-8,10-11H,9H2,1H3. The first-order valence-electron chi connectivity index (χ1n) is 7.22. The van der Waals surface area contributed by atoms with Crippen LogP contribution in [0.1, 0.15) is 5.56 Å². The highest BCUT2D eigenvalue weighted by Gasteiger charge is 2.19. The smallest absolute Gasteiger partial charge is 0.232 e. The summed E-state index contributed by atoms with van der Waals surface area (Å²) in [6.45, 7) is 0.0842. The van der Waals surface area contributed by atoms with Gasteiger partial charge in [-0.1, -0.05) is 35.3 Å². The van der Waals surface area contributed by atoms with Gasteiger partial charge >= 0.3 is 0 Å². The van der Waals surface area contributed by atoms with E-state index in [9.17, 15) is 8.42 Å². The summed E-state index contributed by atoms with van der Waals surface area (Å²) >= 11 is 12.2. The van der Waals surface area contributed by atoms with Crippen molar-refractivity contribution in [2.75, 3.05) is 10.6 Å². The average molecular weight is 397 g/mol. The predicted molar refractivity (Wildman–Crippen MR) is 98.8 cm³/mol. The van der Waals surface area contributed by atoms with Crippen LogP contribution in [0.15, 0.2) is 55.1 Å². The van der Waals surface area contributed by atoms with E-state index in [4.69, 9.17) is 23.2 Å². The van der Waals surface area contributed by atoms with E-state index in [2.05, 4.69) is 10.1 Å². The van der Waals surface area contributed by atoms with Gasteiger partial charge in [0.25, 0.3) is 0 Å². The van der Waals surface area contributed by atoms with Crippen LogP contribution in [0.4, 0.5) is 5.69 Å². The third kappa shape index (κ3) is 3.95. The number of anilines is 1. The molecule has 0 atom stereocenters. The van der Waals surface area contributed by atoms with Crippen molar-refractivity contribution in [3.63, 3.8) is 0 Å². The van der Waals surface area contributed by atoms with Crippen molar-refractivity contribution in [3.8, 4) is 5.69 Å². The predicted octanol–water partition coefficient (Wildman–Crippen LogP) is 3.54. The Bertz CT molecular complexity index is 974. The van der Waals surface area contributed by atoms with Gasteiger partial charge in [0.15, 0.2) is 0 Å². The number of hydrogen-bond acceptors (Lipinski definition) is 4. The second kappa shape index (κ2) is 7.03. The van der Waals surface area contributed by atoms with Gasteiger partial charge in [0.2, 0.25) is 10.0 Å². The van der Waals surface area contributed by atoms with Crippen molar-refractivity contribution in [2.24, 2.45) is 0 Å². The van der Waals surface area contributed by atoms with E-state index in [1.165, 1.54) is 10.6 Å². The number of aromatic nitrogens is 3. The summed E-state index contributed by atoms with van der Waals surface area (Å²) in [5, 5.41) is 4.77. The Morgan fingerprint density at radius 1 is 1.12 bits per heavy atom. The SMILES string of the molecule is CS(=O)(=O)N(Cc1cccc(Cl)c1Cl)c1ccc(-n2cncn2)cc1. The Labute approximate surface area is 155 Å². The van der Waals surface area contributed by atoms with E-state index in [0.717, 1.165) is 11.9 Å². The molecule has 0 fully saturated rings. The highest BCUT2D eigenvalue weighted by Crippen LogP contribution is 2.29. The summed E-state index contributed by atoms with van der Waals surface area (Å²) in [6.07, 6.45) is 4.14. The van der Waals surface area contributed by atoms with Crippen LogP contribution >= 0.6 is 23.2 Å². The number of sulfonamides is 1. The molecule has 1 heterocycles. The summed E-state index contributed by atoms with van der Waals surface area (Å²) in [5.74, 6) is 0. The van der Waals surface area contributed by atoms with Gasteiger partial charge in [-0.25, -0.2) is 18.1 Å². The third-order valence-corrected chi connectivity index (χ3v) is 5.57. The molecule has 3 rings (SSSR count). The molecule has 0 aliphatic carbocycles. The first kappa shape index (κ1) is 17.7. The summed E-state index contributed by atoms with van der Waals surface area (Å²) in [6, 6.07) is 12.1. The molecule has 0 spiro atoms. The molecule has 0 N–H and O–H groups in total. The van der Waals surface area contributed by atoms with Crippen LogP contribution in [0.2, 0.25) is 10.0 Å². The van der Waals surface area contributed by atoms with E-state index in [1.54, 1.807) is 53.5 Å². The fraction of sp³-hybridized carbons (Fsp3) is 0.125. The fourth-order valence-electron chi connectivity index (χ4n) is 2.34. The Kier molecular flexibility index (Phi) is 4.99. The van der Waals surface area contributed by atoms with Crippen LogP contribution in [0.25, 0.3) is 5.69 Å². The minimum Gasteiger partial charge on any atom is -0.266 e. The lowest BCUT2D eigenvalue weighted by Gasteiger charge is -2.23. The molecule has 9 heteroatoms. The van der Waals surface area contributed by atoms with Crippen molar-refractivity contribution >= 4 is 38.9 Å². The second-order valence-electron chi connectivity index (χ2n) is 5.34. The summed E-state index contributed by atoms with van der Waals surface area (Å²) in [7, 11) is -3.52. The lowest BCUT2D eigenvalue weighted by molar-refractivity contribution is 0.596. The molecule has 0 bridgehead atoms. The summed E-state index contributed by atoms with van der Waals surface area (Å²) < 4.78 is 27.4. The lowest BCUT2D eigenvalue weighted by atomic mass is 10.2. The van der Waals surface area contributed by atoms with Gasteiger partial charge < -0.3 is 0 Å². The molecule has 2 aromatic carbocycles. The van der Waals surface area contributed by atoms with E-state index in [1.807, 2.05) is 0 Å². The van der Waals surface area contributed by atoms with E-state index < -0.39 is 10.0 Å². The Balaban J connectivity index is 1.95. The van der Waals surface area contributed by atoms with E-state index in [0.29, 0.717) is 21.3 Å². The van der Waals surface area contributed by atoms with Crippen LogP contribution in [0, 0.1) is 0 Å². The molecule has 1 aromatic heterocycles. The molecular weight excluding hydrogens is 383 g/mol. The molecule has 3 aromatic rings. The molecule has 130 valence electrons. The first-order chi connectivity index (χ1) is 11.9. The number of benzene rings is 2. The zero-order chi connectivity index (χ0) is 18.0. The third-order valence-electron chi connectivity index (χ3n) is 3.57. The van der Waals surface area contributed by atoms with Crippen LogP contribution < -0.4 is 4.31 Å². The molecule has 0 aliphatic rings. The molecule has 0 aliphatic heterocycles. The highest BCUT2D eigenvalue weighted by molar-refractivity contribution is 7.92. The summed E-state index contributed by atoms with van der Waals surface area (Å²) in [4.78, 5) is 3.89. The van der Waals surface area contributed by atoms with Gasteiger partial charge in [-0.2, -0.15) is 5.10 Å². The maximum absolute atomic E-state index is 12.3. The molecule has 0 unspecified atom stereocenters. The second-order valence-corrected chi connectivity index (χ2v) is 8.03. The molecule has 6 nitrogen and oxygen atoms in total. The molecular formula is C16H14Cl2N4O2S. The fourth-order valence-corrected chi connectivity index (χ4v) is 3.60. The zero-order valence-corrected chi connectivity index (χ0v) is 15.5. The van der Waals surface area contributed by atoms with Gasteiger partial charge in [0.1, 0.15) is 12.7 Å². The molecule has 0 amide bonds. The Morgan fingerprint density at radius 3 is 2.44 bits per heavy atom. The van der Waals surface area contributed by atoms with Crippen molar-refractivity contribution in [1.82, 2.24) is 14.8 Å².